The second-order valence-corrected chi connectivity index (χ2v) is 5.54. The number of carbonyl (C=O) groups excluding carboxylic acids is 1. The zero-order valence-corrected chi connectivity index (χ0v) is 13.4. The van der Waals surface area contributed by atoms with E-state index in [1.54, 1.807) is 0 Å². The smallest absolute Gasteiger partial charge is 0.407 e. The lowest BCUT2D eigenvalue weighted by atomic mass is 10.2. The van der Waals surface area contributed by atoms with E-state index in [0.717, 1.165) is 25.9 Å². The molecule has 0 bridgehead atoms. The van der Waals surface area contributed by atoms with Gasteiger partial charge in [-0.3, -0.25) is 10.1 Å². The number of nitro groups is 1. The Labute approximate surface area is 142 Å². The summed E-state index contributed by atoms with van der Waals surface area (Å²) in [4.78, 5) is 28.0. The molecule has 2 heterocycles. The van der Waals surface area contributed by atoms with E-state index in [4.69, 9.17) is 9.26 Å². The molecule has 1 aromatic heterocycles. The molecular weight excluding hydrogens is 330 g/mol. The van der Waals surface area contributed by atoms with Crippen LogP contribution in [0, 0.1) is 10.1 Å². The number of benzene rings is 1. The Morgan fingerprint density at radius 1 is 1.32 bits per heavy atom. The Morgan fingerprint density at radius 3 is 2.72 bits per heavy atom. The summed E-state index contributed by atoms with van der Waals surface area (Å²) in [6.45, 7) is 1.89. The van der Waals surface area contributed by atoms with Gasteiger partial charge in [0.2, 0.25) is 0 Å². The minimum absolute atomic E-state index is 0.00903. The van der Waals surface area contributed by atoms with Gasteiger partial charge in [0.15, 0.2) is 5.82 Å². The molecule has 1 aliphatic heterocycles. The van der Waals surface area contributed by atoms with E-state index >= 15 is 0 Å². The summed E-state index contributed by atoms with van der Waals surface area (Å²) >= 11 is 0. The molecule has 0 atom stereocenters. The Kier molecular flexibility index (Phi) is 5.07. The molecule has 0 aliphatic carbocycles. The second-order valence-electron chi connectivity index (χ2n) is 5.54. The normalized spacial score (nSPS) is 13.7. The average Bonchev–Trinajstić information content (AvgIpc) is 3.29. The zero-order chi connectivity index (χ0) is 17.6. The summed E-state index contributed by atoms with van der Waals surface area (Å²) in [5.41, 5.74) is 0.635. The van der Waals surface area contributed by atoms with Crippen molar-refractivity contribution in [3.05, 3.63) is 45.8 Å². The second kappa shape index (κ2) is 7.60. The van der Waals surface area contributed by atoms with Gasteiger partial charge in [-0.1, -0.05) is 5.16 Å². The third-order valence-electron chi connectivity index (χ3n) is 3.74. The Hall–Kier alpha value is -3.17. The van der Waals surface area contributed by atoms with Crippen molar-refractivity contribution in [2.75, 3.05) is 18.0 Å². The quantitative estimate of drug-likeness (QED) is 0.621. The highest BCUT2D eigenvalue weighted by Gasteiger charge is 2.18. The van der Waals surface area contributed by atoms with E-state index in [1.807, 2.05) is 4.90 Å². The lowest BCUT2D eigenvalue weighted by Crippen LogP contribution is -2.24. The van der Waals surface area contributed by atoms with Gasteiger partial charge in [0.05, 0.1) is 11.5 Å². The van der Waals surface area contributed by atoms with Gasteiger partial charge >= 0.3 is 12.1 Å². The number of non-ortho nitro benzene ring substituents is 1. The Balaban J connectivity index is 1.42. The number of alkyl carbamates (subject to hydrolysis) is 1. The number of hydrogen-bond donors (Lipinski definition) is 1. The van der Waals surface area contributed by atoms with E-state index in [0.29, 0.717) is 17.4 Å². The number of carbonyl (C=O) groups is 1. The monoisotopic (exact) mass is 347 g/mol. The molecule has 2 aromatic rings. The van der Waals surface area contributed by atoms with Crippen LogP contribution in [0.2, 0.25) is 0 Å². The van der Waals surface area contributed by atoms with Gasteiger partial charge in [-0.15, -0.1) is 0 Å². The summed E-state index contributed by atoms with van der Waals surface area (Å²) in [5, 5.41) is 16.9. The van der Waals surface area contributed by atoms with E-state index < -0.39 is 11.0 Å². The molecule has 0 saturated carbocycles. The predicted molar refractivity (Wildman–Crippen MR) is 85.9 cm³/mol. The van der Waals surface area contributed by atoms with Crippen LogP contribution in [-0.4, -0.2) is 34.2 Å². The van der Waals surface area contributed by atoms with Crippen molar-refractivity contribution >= 4 is 17.8 Å². The number of hydrogen-bond acceptors (Lipinski definition) is 8. The maximum absolute atomic E-state index is 11.7. The maximum atomic E-state index is 11.7. The van der Waals surface area contributed by atoms with Crippen molar-refractivity contribution in [2.45, 2.75) is 26.0 Å². The van der Waals surface area contributed by atoms with Crippen LogP contribution in [0.3, 0.4) is 0 Å². The maximum Gasteiger partial charge on any atom is 0.407 e. The molecule has 0 spiro atoms. The summed E-state index contributed by atoms with van der Waals surface area (Å²) < 4.78 is 10.2. The zero-order valence-electron chi connectivity index (χ0n) is 13.4. The van der Waals surface area contributed by atoms with E-state index in [2.05, 4.69) is 15.5 Å². The summed E-state index contributed by atoms with van der Waals surface area (Å²) in [6, 6.07) is 6.25. The standard InChI is InChI=1S/C15H17N5O5/c21-15(24-10-11-3-5-12(6-4-11)20(22)23)16-9-13-17-14(25-18-13)19-7-1-2-8-19/h3-6H,1-2,7-10H2,(H,16,21). The van der Waals surface area contributed by atoms with Crippen molar-refractivity contribution < 1.29 is 19.0 Å². The Bertz CT molecular complexity index is 739. The highest BCUT2D eigenvalue weighted by Crippen LogP contribution is 2.17. The van der Waals surface area contributed by atoms with Crippen molar-refractivity contribution in [3.8, 4) is 0 Å². The van der Waals surface area contributed by atoms with Crippen LogP contribution in [-0.2, 0) is 17.9 Å². The Morgan fingerprint density at radius 2 is 2.04 bits per heavy atom. The van der Waals surface area contributed by atoms with Gasteiger partial charge in [0.25, 0.3) is 5.69 Å². The third-order valence-corrected chi connectivity index (χ3v) is 3.74. The summed E-state index contributed by atoms with van der Waals surface area (Å²) in [7, 11) is 0. The molecule has 3 rings (SSSR count). The van der Waals surface area contributed by atoms with Crippen LogP contribution in [0.25, 0.3) is 0 Å². The molecule has 1 saturated heterocycles. The lowest BCUT2D eigenvalue weighted by Gasteiger charge is -2.09. The van der Waals surface area contributed by atoms with Crippen LogP contribution in [0.15, 0.2) is 28.8 Å². The first-order valence-electron chi connectivity index (χ1n) is 7.83. The number of nitro benzene ring substituents is 1. The molecule has 1 fully saturated rings. The van der Waals surface area contributed by atoms with Crippen molar-refractivity contribution in [3.63, 3.8) is 0 Å². The van der Waals surface area contributed by atoms with Gasteiger partial charge in [-0.25, -0.2) is 4.79 Å². The van der Waals surface area contributed by atoms with E-state index in [9.17, 15) is 14.9 Å². The van der Waals surface area contributed by atoms with Crippen LogP contribution >= 0.6 is 0 Å². The molecule has 1 amide bonds. The number of nitrogens with zero attached hydrogens (tertiary/aromatic N) is 4. The highest BCUT2D eigenvalue weighted by atomic mass is 16.6. The third kappa shape index (κ3) is 4.43. The number of amides is 1. The molecule has 1 aliphatic rings. The van der Waals surface area contributed by atoms with E-state index in [-0.39, 0.29) is 18.8 Å². The molecule has 10 heteroatoms. The van der Waals surface area contributed by atoms with Crippen LogP contribution < -0.4 is 10.2 Å². The number of nitrogens with one attached hydrogen (secondary N) is 1. The van der Waals surface area contributed by atoms with Gasteiger partial charge in [-0.2, -0.15) is 4.98 Å². The number of rotatable bonds is 6. The lowest BCUT2D eigenvalue weighted by molar-refractivity contribution is -0.384. The fraction of sp³-hybridized carbons (Fsp3) is 0.400. The number of aromatic nitrogens is 2. The first kappa shape index (κ1) is 16.7. The van der Waals surface area contributed by atoms with Crippen LogP contribution in [0.5, 0.6) is 0 Å². The molecular formula is C15H17N5O5. The fourth-order valence-corrected chi connectivity index (χ4v) is 2.42. The molecule has 132 valence electrons. The van der Waals surface area contributed by atoms with E-state index in [1.165, 1.54) is 24.3 Å². The van der Waals surface area contributed by atoms with Crippen molar-refractivity contribution in [1.29, 1.82) is 0 Å². The predicted octanol–water partition coefficient (Wildman–Crippen LogP) is 2.00. The SMILES string of the molecule is O=C(NCc1noc(N2CCCC2)n1)OCc1ccc([N+](=O)[O-])cc1. The molecule has 25 heavy (non-hydrogen) atoms. The fourth-order valence-electron chi connectivity index (χ4n) is 2.42. The molecule has 1 aromatic carbocycles. The van der Waals surface area contributed by atoms with Gasteiger partial charge in [-0.05, 0) is 30.5 Å². The van der Waals surface area contributed by atoms with Crippen molar-refractivity contribution in [2.24, 2.45) is 0 Å². The topological polar surface area (TPSA) is 124 Å². The minimum Gasteiger partial charge on any atom is -0.445 e. The van der Waals surface area contributed by atoms with Crippen molar-refractivity contribution in [1.82, 2.24) is 15.5 Å². The molecule has 1 N–H and O–H groups in total. The summed E-state index contributed by atoms with van der Waals surface area (Å²) in [5.74, 6) is 0.370. The average molecular weight is 347 g/mol. The highest BCUT2D eigenvalue weighted by molar-refractivity contribution is 5.67. The first-order chi connectivity index (χ1) is 12.1. The van der Waals surface area contributed by atoms with Gasteiger partial charge in [0.1, 0.15) is 6.61 Å². The largest absolute Gasteiger partial charge is 0.445 e. The number of ether oxygens (including phenoxy) is 1. The first-order valence-corrected chi connectivity index (χ1v) is 7.83. The van der Waals surface area contributed by atoms with Crippen LogP contribution in [0.4, 0.5) is 16.5 Å². The molecule has 0 unspecified atom stereocenters. The number of anilines is 1. The summed E-state index contributed by atoms with van der Waals surface area (Å²) in [6.07, 6.45) is 1.57. The molecule has 0 radical (unpaired) electrons. The van der Waals surface area contributed by atoms with Crippen LogP contribution in [0.1, 0.15) is 24.2 Å². The van der Waals surface area contributed by atoms with Gasteiger partial charge < -0.3 is 19.5 Å². The molecule has 10 nitrogen and oxygen atoms in total. The minimum atomic E-state index is -0.633. The van der Waals surface area contributed by atoms with Gasteiger partial charge in [0, 0.05) is 25.2 Å².